The molecule has 0 amide bonds. The van der Waals surface area contributed by atoms with Gasteiger partial charge in [0.15, 0.2) is 0 Å². The lowest BCUT2D eigenvalue weighted by Crippen LogP contribution is -2.27. The predicted octanol–water partition coefficient (Wildman–Crippen LogP) is 3.79. The molecule has 2 aromatic rings. The van der Waals surface area contributed by atoms with Gasteiger partial charge in [0.1, 0.15) is 11.9 Å². The van der Waals surface area contributed by atoms with E-state index in [1.165, 1.54) is 7.11 Å². The van der Waals surface area contributed by atoms with Gasteiger partial charge in [-0.3, -0.25) is 0 Å². The number of halogens is 2. The maximum atomic E-state index is 12.2. The van der Waals surface area contributed by atoms with E-state index >= 15 is 0 Å². The number of fused-ring (bicyclic) bond motifs is 1. The van der Waals surface area contributed by atoms with Gasteiger partial charge in [0, 0.05) is 15.9 Å². The Bertz CT molecular complexity index is 654. The molecular weight excluding hydrogens is 403 g/mol. The van der Waals surface area contributed by atoms with Crippen LogP contribution in [-0.4, -0.2) is 28.5 Å². The summed E-state index contributed by atoms with van der Waals surface area (Å²) in [6, 6.07) is 5.64. The number of hydrogen-bond donors (Lipinski definition) is 0. The van der Waals surface area contributed by atoms with E-state index in [-0.39, 0.29) is 11.9 Å². The highest BCUT2D eigenvalue weighted by Crippen LogP contribution is 2.28. The van der Waals surface area contributed by atoms with E-state index in [2.05, 4.69) is 27.6 Å². The van der Waals surface area contributed by atoms with Crippen LogP contribution in [0.4, 0.5) is 0 Å². The average Bonchev–Trinajstić information content (AvgIpc) is 2.76. The fourth-order valence-corrected chi connectivity index (χ4v) is 3.13. The fourth-order valence-electron chi connectivity index (χ4n) is 2.49. The number of rotatable bonds is 5. The van der Waals surface area contributed by atoms with Crippen LogP contribution in [0, 0.1) is 9.49 Å². The number of benzene rings is 1. The molecule has 1 atom stereocenters. The molecule has 2 rings (SSSR count). The van der Waals surface area contributed by atoms with Crippen LogP contribution in [0.15, 0.2) is 18.2 Å². The van der Waals surface area contributed by atoms with Crippen LogP contribution in [0.25, 0.3) is 11.0 Å². The SMILES string of the molecule is COC(=O)C(C(C)C)n1c(CCCl)nc2cc(I)ccc21. The molecule has 1 unspecified atom stereocenters. The number of carbonyl (C=O) groups excluding carboxylic acids is 1. The summed E-state index contributed by atoms with van der Waals surface area (Å²) in [6.07, 6.45) is 0.618. The number of methoxy groups -OCH3 is 1. The topological polar surface area (TPSA) is 44.1 Å². The normalized spacial score (nSPS) is 12.9. The van der Waals surface area contributed by atoms with Gasteiger partial charge in [-0.1, -0.05) is 13.8 Å². The average molecular weight is 421 g/mol. The van der Waals surface area contributed by atoms with Crippen LogP contribution in [0.2, 0.25) is 0 Å². The highest BCUT2D eigenvalue weighted by atomic mass is 127. The molecule has 1 aromatic carbocycles. The van der Waals surface area contributed by atoms with Crippen molar-refractivity contribution < 1.29 is 9.53 Å². The van der Waals surface area contributed by atoms with E-state index in [1.54, 1.807) is 0 Å². The molecule has 0 spiro atoms. The Morgan fingerprint density at radius 3 is 2.76 bits per heavy atom. The summed E-state index contributed by atoms with van der Waals surface area (Å²) in [6.45, 7) is 4.01. The van der Waals surface area contributed by atoms with Crippen molar-refractivity contribution in [1.29, 1.82) is 0 Å². The summed E-state index contributed by atoms with van der Waals surface area (Å²) in [7, 11) is 1.42. The molecule has 0 N–H and O–H groups in total. The first kappa shape index (κ1) is 16.5. The minimum absolute atomic E-state index is 0.100. The Morgan fingerprint density at radius 2 is 2.19 bits per heavy atom. The molecule has 4 nitrogen and oxygen atoms in total. The van der Waals surface area contributed by atoms with Crippen molar-refractivity contribution in [3.63, 3.8) is 0 Å². The third-order valence-electron chi connectivity index (χ3n) is 3.40. The first-order valence-corrected chi connectivity index (χ1v) is 8.41. The monoisotopic (exact) mass is 420 g/mol. The third kappa shape index (κ3) is 3.34. The van der Waals surface area contributed by atoms with Gasteiger partial charge < -0.3 is 9.30 Å². The summed E-state index contributed by atoms with van der Waals surface area (Å²) in [5.74, 6) is 1.14. The molecule has 1 heterocycles. The van der Waals surface area contributed by atoms with E-state index in [1.807, 2.05) is 36.6 Å². The van der Waals surface area contributed by atoms with Gasteiger partial charge in [-0.25, -0.2) is 9.78 Å². The Morgan fingerprint density at radius 1 is 1.48 bits per heavy atom. The van der Waals surface area contributed by atoms with Crippen molar-refractivity contribution in [3.8, 4) is 0 Å². The molecule has 114 valence electrons. The summed E-state index contributed by atoms with van der Waals surface area (Å²) in [4.78, 5) is 16.9. The number of imidazole rings is 1. The molecule has 1 aromatic heterocycles. The van der Waals surface area contributed by atoms with Crippen molar-refractivity contribution in [3.05, 3.63) is 27.6 Å². The maximum Gasteiger partial charge on any atom is 0.329 e. The number of hydrogen-bond acceptors (Lipinski definition) is 3. The second-order valence-electron chi connectivity index (χ2n) is 5.18. The van der Waals surface area contributed by atoms with Gasteiger partial charge >= 0.3 is 5.97 Å². The summed E-state index contributed by atoms with van der Waals surface area (Å²) < 4.78 is 8.07. The van der Waals surface area contributed by atoms with E-state index < -0.39 is 6.04 Å². The predicted molar refractivity (Wildman–Crippen MR) is 92.8 cm³/mol. The minimum Gasteiger partial charge on any atom is -0.467 e. The molecule has 0 bridgehead atoms. The highest BCUT2D eigenvalue weighted by molar-refractivity contribution is 14.1. The summed E-state index contributed by atoms with van der Waals surface area (Å²) in [5.41, 5.74) is 1.83. The highest BCUT2D eigenvalue weighted by Gasteiger charge is 2.29. The molecule has 21 heavy (non-hydrogen) atoms. The lowest BCUT2D eigenvalue weighted by Gasteiger charge is -2.22. The van der Waals surface area contributed by atoms with Gasteiger partial charge in [0.05, 0.1) is 18.1 Å². The number of ether oxygens (including phenoxy) is 1. The van der Waals surface area contributed by atoms with Crippen LogP contribution in [0.3, 0.4) is 0 Å². The number of nitrogens with zero attached hydrogens (tertiary/aromatic N) is 2. The molecule has 0 fully saturated rings. The van der Waals surface area contributed by atoms with Crippen LogP contribution in [-0.2, 0) is 16.0 Å². The second kappa shape index (κ2) is 6.96. The number of carbonyl (C=O) groups is 1. The zero-order valence-corrected chi connectivity index (χ0v) is 15.2. The fraction of sp³-hybridized carbons (Fsp3) is 0.467. The number of aryl methyl sites for hydroxylation is 1. The second-order valence-corrected chi connectivity index (χ2v) is 6.81. The Balaban J connectivity index is 2.68. The van der Waals surface area contributed by atoms with E-state index in [0.717, 1.165) is 20.4 Å². The lowest BCUT2D eigenvalue weighted by molar-refractivity contribution is -0.145. The quantitative estimate of drug-likeness (QED) is 0.420. The minimum atomic E-state index is -0.390. The summed E-state index contributed by atoms with van der Waals surface area (Å²) in [5, 5.41) is 0. The third-order valence-corrected chi connectivity index (χ3v) is 4.25. The molecular formula is C15H18ClIN2O2. The van der Waals surface area contributed by atoms with Gasteiger partial charge in [-0.05, 0) is 46.7 Å². The Hall–Kier alpha value is -0.820. The van der Waals surface area contributed by atoms with Gasteiger partial charge in [-0.15, -0.1) is 11.6 Å². The smallest absolute Gasteiger partial charge is 0.329 e. The van der Waals surface area contributed by atoms with E-state index in [9.17, 15) is 4.79 Å². The molecule has 0 saturated carbocycles. The number of aromatic nitrogens is 2. The zero-order chi connectivity index (χ0) is 15.6. The van der Waals surface area contributed by atoms with Gasteiger partial charge in [0.2, 0.25) is 0 Å². The summed E-state index contributed by atoms with van der Waals surface area (Å²) >= 11 is 8.15. The zero-order valence-electron chi connectivity index (χ0n) is 12.3. The molecule has 0 saturated heterocycles. The van der Waals surface area contributed by atoms with Crippen molar-refractivity contribution in [2.45, 2.75) is 26.3 Å². The van der Waals surface area contributed by atoms with Crippen LogP contribution < -0.4 is 0 Å². The Kier molecular flexibility index (Phi) is 5.48. The molecule has 0 aliphatic carbocycles. The van der Waals surface area contributed by atoms with E-state index in [0.29, 0.717) is 12.3 Å². The van der Waals surface area contributed by atoms with Crippen LogP contribution in [0.5, 0.6) is 0 Å². The largest absolute Gasteiger partial charge is 0.467 e. The van der Waals surface area contributed by atoms with Crippen molar-refractivity contribution in [2.75, 3.05) is 13.0 Å². The van der Waals surface area contributed by atoms with E-state index in [4.69, 9.17) is 16.3 Å². The maximum absolute atomic E-state index is 12.2. The molecule has 0 aliphatic rings. The van der Waals surface area contributed by atoms with Crippen molar-refractivity contribution >= 4 is 51.2 Å². The van der Waals surface area contributed by atoms with Crippen LogP contribution in [0.1, 0.15) is 25.7 Å². The van der Waals surface area contributed by atoms with Crippen LogP contribution >= 0.6 is 34.2 Å². The number of esters is 1. The number of alkyl halides is 1. The lowest BCUT2D eigenvalue weighted by atomic mass is 10.0. The van der Waals surface area contributed by atoms with Gasteiger partial charge in [0.25, 0.3) is 0 Å². The molecule has 0 aliphatic heterocycles. The Labute approximate surface area is 143 Å². The first-order valence-electron chi connectivity index (χ1n) is 6.79. The van der Waals surface area contributed by atoms with Crippen molar-refractivity contribution in [1.82, 2.24) is 9.55 Å². The standard InChI is InChI=1S/C15H18ClIN2O2/c1-9(2)14(15(20)21-3)19-12-5-4-10(17)8-11(12)18-13(19)6-7-16/h4-5,8-9,14H,6-7H2,1-3H3. The first-order chi connectivity index (χ1) is 9.99. The van der Waals surface area contributed by atoms with Gasteiger partial charge in [-0.2, -0.15) is 0 Å². The molecule has 0 radical (unpaired) electrons. The molecule has 6 heteroatoms. The van der Waals surface area contributed by atoms with Crippen molar-refractivity contribution in [2.24, 2.45) is 5.92 Å².